The Morgan fingerprint density at radius 1 is 1.11 bits per heavy atom. The maximum Gasteiger partial charge on any atom is 0.313 e. The number of carboxylic acid groups (broad SMARTS) is 1. The molecule has 4 aromatic rings. The van der Waals surface area contributed by atoms with Crippen molar-refractivity contribution in [1.29, 1.82) is 0 Å². The number of aliphatic carboxylic acids is 1. The standard InChI is InChI=1S/C25H19N5O4S/c31-23(32)14-35-25-27-24(28-29-25)18-7-6-17(11-20(12-18)30(33)34)16-8-9-21-19(10-16)13-22(26-21)15-4-2-1-3-5-15/h1-6,8-13,26H,7,14H2,(H,31,32)(H,27,28,29). The van der Waals surface area contributed by atoms with Crippen molar-refractivity contribution in [3.63, 3.8) is 0 Å². The number of rotatable bonds is 7. The SMILES string of the molecule is O=C(O)CSc1n[nH]c(C2=CC([N+](=O)[O-])=CC(c3ccc4[nH]c(-c5ccccc5)cc4c3)=CC2)n1. The van der Waals surface area contributed by atoms with Crippen LogP contribution in [-0.4, -0.2) is 41.9 Å². The smallest absolute Gasteiger partial charge is 0.313 e. The molecule has 0 amide bonds. The van der Waals surface area contributed by atoms with E-state index in [0.717, 1.165) is 45.1 Å². The Balaban J connectivity index is 1.45. The van der Waals surface area contributed by atoms with Gasteiger partial charge < -0.3 is 10.1 Å². The zero-order chi connectivity index (χ0) is 24.4. The van der Waals surface area contributed by atoms with Gasteiger partial charge in [0, 0.05) is 34.3 Å². The minimum atomic E-state index is -0.976. The van der Waals surface area contributed by atoms with Crippen molar-refractivity contribution in [1.82, 2.24) is 20.2 Å². The summed E-state index contributed by atoms with van der Waals surface area (Å²) in [6.07, 6.45) is 5.33. The number of hydrogen-bond acceptors (Lipinski definition) is 6. The first kappa shape index (κ1) is 22.4. The number of fused-ring (bicyclic) bond motifs is 1. The Kier molecular flexibility index (Phi) is 6.02. The van der Waals surface area contributed by atoms with Gasteiger partial charge in [0.05, 0.1) is 10.7 Å². The third kappa shape index (κ3) is 4.92. The van der Waals surface area contributed by atoms with Gasteiger partial charge >= 0.3 is 5.97 Å². The first-order valence-electron chi connectivity index (χ1n) is 10.7. The Hall–Kier alpha value is -4.44. The van der Waals surface area contributed by atoms with Crippen molar-refractivity contribution in [3.05, 3.63) is 100 Å². The zero-order valence-electron chi connectivity index (χ0n) is 18.3. The van der Waals surface area contributed by atoms with Gasteiger partial charge in [-0.1, -0.05) is 54.2 Å². The number of nitrogens with one attached hydrogen (secondary N) is 2. The second-order valence-corrected chi connectivity index (χ2v) is 8.80. The molecular weight excluding hydrogens is 466 g/mol. The summed E-state index contributed by atoms with van der Waals surface area (Å²) in [6.45, 7) is 0. The van der Waals surface area contributed by atoms with Gasteiger partial charge in [0.25, 0.3) is 5.70 Å². The molecule has 1 aliphatic carbocycles. The van der Waals surface area contributed by atoms with Gasteiger partial charge in [0.15, 0.2) is 5.82 Å². The van der Waals surface area contributed by atoms with Crippen LogP contribution in [0.5, 0.6) is 0 Å². The predicted octanol–water partition coefficient (Wildman–Crippen LogP) is 5.16. The lowest BCUT2D eigenvalue weighted by molar-refractivity contribution is -0.418. The Morgan fingerprint density at radius 3 is 2.71 bits per heavy atom. The Bertz CT molecular complexity index is 1530. The molecule has 0 bridgehead atoms. The van der Waals surface area contributed by atoms with Gasteiger partial charge in [-0.3, -0.25) is 20.0 Å². The number of H-pyrrole nitrogens is 2. The summed E-state index contributed by atoms with van der Waals surface area (Å²) in [5.41, 5.74) is 5.17. The fourth-order valence-corrected chi connectivity index (χ4v) is 4.37. The van der Waals surface area contributed by atoms with Crippen LogP contribution < -0.4 is 0 Å². The van der Waals surface area contributed by atoms with E-state index in [1.165, 1.54) is 6.08 Å². The second-order valence-electron chi connectivity index (χ2n) is 7.86. The number of carboxylic acids is 1. The molecular formula is C25H19N5O4S. The average Bonchev–Trinajstić information content (AvgIpc) is 3.44. The van der Waals surface area contributed by atoms with E-state index in [0.29, 0.717) is 17.8 Å². The van der Waals surface area contributed by atoms with E-state index in [-0.39, 0.29) is 16.6 Å². The number of nitrogens with zero attached hydrogens (tertiary/aromatic N) is 3. The van der Waals surface area contributed by atoms with Crippen molar-refractivity contribution < 1.29 is 14.8 Å². The van der Waals surface area contributed by atoms with Crippen molar-refractivity contribution >= 4 is 39.8 Å². The molecule has 35 heavy (non-hydrogen) atoms. The monoisotopic (exact) mass is 485 g/mol. The van der Waals surface area contributed by atoms with Crippen molar-refractivity contribution in [2.45, 2.75) is 11.6 Å². The van der Waals surface area contributed by atoms with E-state index in [1.54, 1.807) is 6.08 Å². The van der Waals surface area contributed by atoms with Crippen LogP contribution in [0, 0.1) is 10.1 Å². The normalized spacial score (nSPS) is 13.7. The van der Waals surface area contributed by atoms with E-state index < -0.39 is 10.9 Å². The van der Waals surface area contributed by atoms with Gasteiger partial charge in [0.2, 0.25) is 5.16 Å². The third-order valence-corrected chi connectivity index (χ3v) is 6.34. The summed E-state index contributed by atoms with van der Waals surface area (Å²) < 4.78 is 0. The van der Waals surface area contributed by atoms with Crippen molar-refractivity contribution in [3.8, 4) is 11.3 Å². The Labute approximate surface area is 203 Å². The molecule has 0 saturated carbocycles. The number of carbonyl (C=O) groups is 1. The molecule has 0 saturated heterocycles. The number of hydrogen-bond donors (Lipinski definition) is 3. The van der Waals surface area contributed by atoms with Crippen LogP contribution in [0.25, 0.3) is 33.3 Å². The topological polar surface area (TPSA) is 138 Å². The van der Waals surface area contributed by atoms with E-state index >= 15 is 0 Å². The molecule has 0 fully saturated rings. The van der Waals surface area contributed by atoms with Gasteiger partial charge in [-0.15, -0.1) is 5.10 Å². The number of allylic oxidation sites excluding steroid dienone is 5. The summed E-state index contributed by atoms with van der Waals surface area (Å²) in [5.74, 6) is -0.776. The van der Waals surface area contributed by atoms with E-state index in [4.69, 9.17) is 5.11 Å². The average molecular weight is 486 g/mol. The molecule has 0 spiro atoms. The molecule has 9 nitrogen and oxygen atoms in total. The van der Waals surface area contributed by atoms with E-state index in [1.807, 2.05) is 54.6 Å². The molecule has 2 heterocycles. The quantitative estimate of drug-likeness (QED) is 0.187. The van der Waals surface area contributed by atoms with Crippen molar-refractivity contribution in [2.24, 2.45) is 0 Å². The number of thioether (sulfide) groups is 1. The molecule has 0 atom stereocenters. The molecule has 1 aliphatic rings. The van der Waals surface area contributed by atoms with Crippen LogP contribution in [0.2, 0.25) is 0 Å². The van der Waals surface area contributed by atoms with Crippen LogP contribution in [0.15, 0.2) is 83.7 Å². The maximum absolute atomic E-state index is 11.8. The molecule has 0 unspecified atom stereocenters. The first-order valence-corrected chi connectivity index (χ1v) is 11.7. The largest absolute Gasteiger partial charge is 0.481 e. The summed E-state index contributed by atoms with van der Waals surface area (Å²) in [5, 5.41) is 28.6. The van der Waals surface area contributed by atoms with E-state index in [9.17, 15) is 14.9 Å². The van der Waals surface area contributed by atoms with Crippen molar-refractivity contribution in [2.75, 3.05) is 5.75 Å². The van der Waals surface area contributed by atoms with Crippen LogP contribution in [0.3, 0.4) is 0 Å². The first-order chi connectivity index (χ1) is 17.0. The lowest BCUT2D eigenvalue weighted by Gasteiger charge is -2.03. The fraction of sp³-hybridized carbons (Fsp3) is 0.0800. The predicted molar refractivity (Wildman–Crippen MR) is 134 cm³/mol. The zero-order valence-corrected chi connectivity index (χ0v) is 19.1. The number of nitro groups is 1. The summed E-state index contributed by atoms with van der Waals surface area (Å²) in [4.78, 5) is 29.8. The molecule has 10 heteroatoms. The lowest BCUT2D eigenvalue weighted by atomic mass is 10.0. The van der Waals surface area contributed by atoms with Crippen LogP contribution in [0.1, 0.15) is 17.8 Å². The fourth-order valence-electron chi connectivity index (χ4n) is 3.86. The van der Waals surface area contributed by atoms with Crippen LogP contribution >= 0.6 is 11.8 Å². The molecule has 5 rings (SSSR count). The summed E-state index contributed by atoms with van der Waals surface area (Å²) in [7, 11) is 0. The maximum atomic E-state index is 11.8. The molecule has 174 valence electrons. The van der Waals surface area contributed by atoms with Gasteiger partial charge in [-0.25, -0.2) is 4.98 Å². The molecule has 3 N–H and O–H groups in total. The van der Waals surface area contributed by atoms with Gasteiger partial charge in [-0.05, 0) is 41.3 Å². The minimum Gasteiger partial charge on any atom is -0.481 e. The van der Waals surface area contributed by atoms with Gasteiger partial charge in [-0.2, -0.15) is 0 Å². The second kappa shape index (κ2) is 9.43. The van der Waals surface area contributed by atoms with Crippen LogP contribution in [0.4, 0.5) is 0 Å². The number of benzene rings is 2. The third-order valence-electron chi connectivity index (χ3n) is 5.51. The number of aromatic amines is 2. The summed E-state index contributed by atoms with van der Waals surface area (Å²) in [6, 6.07) is 18.0. The van der Waals surface area contributed by atoms with Gasteiger partial charge in [0.1, 0.15) is 0 Å². The number of aromatic nitrogens is 4. The molecule has 0 aliphatic heterocycles. The molecule has 2 aromatic heterocycles. The molecule has 0 radical (unpaired) electrons. The molecule has 2 aromatic carbocycles. The highest BCUT2D eigenvalue weighted by atomic mass is 32.2. The summed E-state index contributed by atoms with van der Waals surface area (Å²) >= 11 is 0.977. The minimum absolute atomic E-state index is 0.0703. The lowest BCUT2D eigenvalue weighted by Crippen LogP contribution is -1.98. The highest BCUT2D eigenvalue weighted by Crippen LogP contribution is 2.31. The van der Waals surface area contributed by atoms with Crippen LogP contribution in [-0.2, 0) is 4.79 Å². The van der Waals surface area contributed by atoms with E-state index in [2.05, 4.69) is 26.2 Å². The Morgan fingerprint density at radius 2 is 1.94 bits per heavy atom. The highest BCUT2D eigenvalue weighted by Gasteiger charge is 2.19. The highest BCUT2D eigenvalue weighted by molar-refractivity contribution is 7.99.